The Bertz CT molecular complexity index is 469. The van der Waals surface area contributed by atoms with E-state index in [1.54, 1.807) is 0 Å². The summed E-state index contributed by atoms with van der Waals surface area (Å²) in [5.41, 5.74) is -1.03. The molecule has 14 heavy (non-hydrogen) atoms. The Morgan fingerprint density at radius 1 is 1.21 bits per heavy atom. The van der Waals surface area contributed by atoms with Gasteiger partial charge in [0.05, 0.1) is 17.2 Å². The van der Waals surface area contributed by atoms with Crippen molar-refractivity contribution in [3.05, 3.63) is 36.0 Å². The Kier molecular flexibility index (Phi) is 1.77. The summed E-state index contributed by atoms with van der Waals surface area (Å²) in [4.78, 5) is 0. The molecular weight excluding hydrogens is 200 g/mol. The molecule has 1 radical (unpaired) electrons. The number of hydrogen-bond donors (Lipinski definition) is 0. The van der Waals surface area contributed by atoms with Crippen LogP contribution in [0.4, 0.5) is 17.6 Å². The molecule has 0 saturated heterocycles. The van der Waals surface area contributed by atoms with Gasteiger partial charge in [0.2, 0.25) is 0 Å². The molecule has 1 aromatic heterocycles. The number of furan rings is 1. The minimum absolute atomic E-state index is 0.0531. The molecule has 0 N–H and O–H groups in total. The van der Waals surface area contributed by atoms with Gasteiger partial charge in [-0.15, -0.1) is 0 Å². The van der Waals surface area contributed by atoms with E-state index in [1.807, 2.05) is 0 Å². The van der Waals surface area contributed by atoms with Crippen molar-refractivity contribution in [3.63, 3.8) is 0 Å². The Morgan fingerprint density at radius 3 is 2.57 bits per heavy atom. The van der Waals surface area contributed by atoms with Gasteiger partial charge in [0.15, 0.2) is 6.26 Å². The van der Waals surface area contributed by atoms with E-state index in [0.29, 0.717) is 6.07 Å². The molecule has 0 aliphatic rings. The first kappa shape index (κ1) is 9.05. The molecule has 2 rings (SSSR count). The fourth-order valence-electron chi connectivity index (χ4n) is 1.14. The van der Waals surface area contributed by atoms with Crippen LogP contribution in [0.1, 0.15) is 5.56 Å². The van der Waals surface area contributed by atoms with Crippen LogP contribution in [-0.4, -0.2) is 0 Å². The Hall–Kier alpha value is -1.52. The summed E-state index contributed by atoms with van der Waals surface area (Å²) in [5.74, 6) is -0.983. The average molecular weight is 203 g/mol. The van der Waals surface area contributed by atoms with Crippen molar-refractivity contribution in [1.29, 1.82) is 0 Å². The molecule has 0 aliphatic carbocycles. The van der Waals surface area contributed by atoms with Gasteiger partial charge >= 0.3 is 6.18 Å². The molecule has 0 atom stereocenters. The maximum absolute atomic E-state index is 13.0. The van der Waals surface area contributed by atoms with E-state index in [9.17, 15) is 17.6 Å². The van der Waals surface area contributed by atoms with Crippen LogP contribution >= 0.6 is 0 Å². The lowest BCUT2D eigenvalue weighted by molar-refractivity contribution is -0.137. The Labute approximate surface area is 75.9 Å². The molecule has 2 aromatic rings. The summed E-state index contributed by atoms with van der Waals surface area (Å²) in [7, 11) is 0. The van der Waals surface area contributed by atoms with Gasteiger partial charge in [-0.05, 0) is 12.1 Å². The van der Waals surface area contributed by atoms with Crippen molar-refractivity contribution < 1.29 is 22.0 Å². The number of fused-ring (bicyclic) bond motifs is 1. The van der Waals surface area contributed by atoms with Gasteiger partial charge in [-0.1, -0.05) is 0 Å². The second-order valence-electron chi connectivity index (χ2n) is 2.76. The van der Waals surface area contributed by atoms with Crippen LogP contribution in [0, 0.1) is 12.1 Å². The minimum Gasteiger partial charge on any atom is -0.460 e. The first-order chi connectivity index (χ1) is 6.48. The van der Waals surface area contributed by atoms with Crippen molar-refractivity contribution in [1.82, 2.24) is 0 Å². The monoisotopic (exact) mass is 203 g/mol. The summed E-state index contributed by atoms with van der Waals surface area (Å²) in [6.45, 7) is 0. The van der Waals surface area contributed by atoms with E-state index in [4.69, 9.17) is 0 Å². The minimum atomic E-state index is -4.55. The quantitative estimate of drug-likeness (QED) is 0.598. The second-order valence-corrected chi connectivity index (χ2v) is 2.76. The third-order valence-corrected chi connectivity index (χ3v) is 1.79. The van der Waals surface area contributed by atoms with E-state index in [1.165, 1.54) is 0 Å². The molecule has 1 heterocycles. The summed E-state index contributed by atoms with van der Waals surface area (Å²) in [6, 6.07) is 1.24. The fraction of sp³-hybridized carbons (Fsp3) is 0.111. The average Bonchev–Trinajstić information content (AvgIpc) is 2.50. The number of rotatable bonds is 0. The van der Waals surface area contributed by atoms with Crippen molar-refractivity contribution in [3.8, 4) is 0 Å². The highest BCUT2D eigenvalue weighted by Crippen LogP contribution is 2.32. The third-order valence-electron chi connectivity index (χ3n) is 1.79. The highest BCUT2D eigenvalue weighted by atomic mass is 19.4. The molecule has 0 fully saturated rings. The molecule has 1 aromatic carbocycles. The zero-order valence-corrected chi connectivity index (χ0v) is 6.65. The van der Waals surface area contributed by atoms with Crippen LogP contribution in [0.3, 0.4) is 0 Å². The topological polar surface area (TPSA) is 13.1 Å². The lowest BCUT2D eigenvalue weighted by Gasteiger charge is -2.06. The van der Waals surface area contributed by atoms with E-state index >= 15 is 0 Å². The molecule has 0 aliphatic heterocycles. The molecule has 0 bridgehead atoms. The maximum atomic E-state index is 13.0. The van der Waals surface area contributed by atoms with E-state index in [2.05, 4.69) is 10.7 Å². The third kappa shape index (κ3) is 1.34. The fourth-order valence-corrected chi connectivity index (χ4v) is 1.14. The molecular formula is C9H3F4O. The highest BCUT2D eigenvalue weighted by Gasteiger charge is 2.31. The van der Waals surface area contributed by atoms with Crippen LogP contribution in [0.5, 0.6) is 0 Å². The number of halogens is 4. The molecule has 1 nitrogen and oxygen atoms in total. The molecule has 0 saturated carbocycles. The lowest BCUT2D eigenvalue weighted by Crippen LogP contribution is -2.05. The van der Waals surface area contributed by atoms with Crippen LogP contribution in [0.2, 0.25) is 0 Å². The zero-order valence-electron chi connectivity index (χ0n) is 6.65. The summed E-state index contributed by atoms with van der Waals surface area (Å²) < 4.78 is 54.1. The predicted octanol–water partition coefficient (Wildman–Crippen LogP) is 3.39. The number of hydrogen-bond acceptors (Lipinski definition) is 1. The predicted molar refractivity (Wildman–Crippen MR) is 40.0 cm³/mol. The van der Waals surface area contributed by atoms with Gasteiger partial charge in [-0.2, -0.15) is 13.2 Å². The largest absolute Gasteiger partial charge is 0.460 e. The number of alkyl halides is 3. The Balaban J connectivity index is 2.70. The first-order valence-corrected chi connectivity index (χ1v) is 3.64. The first-order valence-electron chi connectivity index (χ1n) is 3.64. The van der Waals surface area contributed by atoms with Gasteiger partial charge in [-0.3, -0.25) is 0 Å². The Morgan fingerprint density at radius 2 is 1.93 bits per heavy atom. The van der Waals surface area contributed by atoms with Gasteiger partial charge in [0, 0.05) is 5.39 Å². The molecule has 0 unspecified atom stereocenters. The molecule has 0 amide bonds. The van der Waals surface area contributed by atoms with Crippen LogP contribution in [-0.2, 0) is 6.18 Å². The van der Waals surface area contributed by atoms with Gasteiger partial charge in [0.25, 0.3) is 0 Å². The highest BCUT2D eigenvalue weighted by molar-refractivity contribution is 5.82. The van der Waals surface area contributed by atoms with Gasteiger partial charge < -0.3 is 4.42 Å². The zero-order chi connectivity index (χ0) is 10.3. The van der Waals surface area contributed by atoms with Crippen LogP contribution in [0.25, 0.3) is 10.8 Å². The van der Waals surface area contributed by atoms with Crippen LogP contribution in [0.15, 0.2) is 22.8 Å². The number of benzene rings is 1. The van der Waals surface area contributed by atoms with Crippen LogP contribution < -0.4 is 0 Å². The standard InChI is InChI=1S/C9H3F4O/c10-8-2-6(9(11,12)13)1-5-3-14-4-7(5)8/h1-3H. The normalized spacial score (nSPS) is 12.3. The molecule has 73 valence electrons. The molecule has 0 spiro atoms. The summed E-state index contributed by atoms with van der Waals surface area (Å²) in [5, 5.41) is -0.0182. The SMILES string of the molecule is Fc1cc(C(F)(F)F)cc2co[c]c12. The lowest BCUT2D eigenvalue weighted by atomic mass is 10.1. The second kappa shape index (κ2) is 2.73. The van der Waals surface area contributed by atoms with Crippen molar-refractivity contribution in [2.45, 2.75) is 6.18 Å². The maximum Gasteiger partial charge on any atom is 0.416 e. The van der Waals surface area contributed by atoms with Gasteiger partial charge in [0.1, 0.15) is 5.82 Å². The van der Waals surface area contributed by atoms with Crippen molar-refractivity contribution >= 4 is 10.8 Å². The van der Waals surface area contributed by atoms with E-state index in [0.717, 1.165) is 12.3 Å². The molecule has 5 heteroatoms. The van der Waals surface area contributed by atoms with Crippen molar-refractivity contribution in [2.75, 3.05) is 0 Å². The smallest absolute Gasteiger partial charge is 0.416 e. The summed E-state index contributed by atoms with van der Waals surface area (Å²) in [6.07, 6.45) is -1.38. The van der Waals surface area contributed by atoms with E-state index < -0.39 is 17.6 Å². The summed E-state index contributed by atoms with van der Waals surface area (Å²) >= 11 is 0. The van der Waals surface area contributed by atoms with Crippen molar-refractivity contribution in [2.24, 2.45) is 0 Å². The van der Waals surface area contributed by atoms with E-state index in [-0.39, 0.29) is 10.8 Å². The van der Waals surface area contributed by atoms with Gasteiger partial charge in [-0.25, -0.2) is 4.39 Å².